The van der Waals surface area contributed by atoms with Crippen LogP contribution in [0.15, 0.2) is 30.3 Å². The van der Waals surface area contributed by atoms with Gasteiger partial charge >= 0.3 is 0 Å². The molecule has 0 aliphatic carbocycles. The van der Waals surface area contributed by atoms with Crippen molar-refractivity contribution in [2.45, 2.75) is 6.92 Å². The van der Waals surface area contributed by atoms with Gasteiger partial charge in [-0.1, -0.05) is 30.4 Å². The minimum absolute atomic E-state index is 0.573. The Hall–Kier alpha value is -1.72. The molecule has 21 heavy (non-hydrogen) atoms. The molecule has 5 heteroatoms. The van der Waals surface area contributed by atoms with Crippen LogP contribution in [0.3, 0.4) is 0 Å². The number of piperazine rings is 1. The Morgan fingerprint density at radius 3 is 2.67 bits per heavy atom. The third-order valence-electron chi connectivity index (χ3n) is 3.94. The van der Waals surface area contributed by atoms with E-state index < -0.39 is 0 Å². The quantitative estimate of drug-likeness (QED) is 0.878. The van der Waals surface area contributed by atoms with Gasteiger partial charge in [-0.05, 0) is 24.6 Å². The van der Waals surface area contributed by atoms with Gasteiger partial charge in [-0.3, -0.25) is 4.90 Å². The van der Waals surface area contributed by atoms with Crippen LogP contribution in [0.1, 0.15) is 5.56 Å². The van der Waals surface area contributed by atoms with Crippen molar-refractivity contribution in [1.82, 2.24) is 9.88 Å². The van der Waals surface area contributed by atoms with Crippen LogP contribution >= 0.6 is 12.2 Å². The molecule has 1 aromatic carbocycles. The molecule has 0 bridgehead atoms. The molecular weight excluding hydrogens is 280 g/mol. The van der Waals surface area contributed by atoms with E-state index in [4.69, 9.17) is 22.9 Å². The van der Waals surface area contributed by atoms with E-state index in [1.807, 2.05) is 6.07 Å². The van der Waals surface area contributed by atoms with E-state index in [1.54, 1.807) is 0 Å². The molecule has 2 heterocycles. The summed E-state index contributed by atoms with van der Waals surface area (Å²) in [6.45, 7) is 6.74. The summed E-state index contributed by atoms with van der Waals surface area (Å²) in [6, 6.07) is 10.5. The van der Waals surface area contributed by atoms with E-state index in [2.05, 4.69) is 41.0 Å². The number of nitrogens with two attached hydrogens (primary N) is 1. The molecule has 1 aromatic heterocycles. The highest BCUT2D eigenvalue weighted by Crippen LogP contribution is 2.23. The summed E-state index contributed by atoms with van der Waals surface area (Å²) in [4.78, 5) is 10.1. The molecule has 0 spiro atoms. The van der Waals surface area contributed by atoms with Crippen molar-refractivity contribution in [3.63, 3.8) is 0 Å². The van der Waals surface area contributed by atoms with Gasteiger partial charge in [0.05, 0.1) is 10.5 Å². The highest BCUT2D eigenvalue weighted by molar-refractivity contribution is 7.80. The van der Waals surface area contributed by atoms with Crippen LogP contribution < -0.4 is 10.6 Å². The number of aryl methyl sites for hydroxylation is 1. The first-order chi connectivity index (χ1) is 10.1. The summed E-state index contributed by atoms with van der Waals surface area (Å²) in [5.74, 6) is 1.10. The summed E-state index contributed by atoms with van der Waals surface area (Å²) >= 11 is 4.98. The van der Waals surface area contributed by atoms with Crippen molar-refractivity contribution >= 4 is 33.9 Å². The standard InChI is InChI=1S/C16H20N4S/c1-12-10-13-4-2-3-5-14(13)18-16(12)20-8-6-19(7-9-20)11-15(17)21/h2-5,10H,6-9,11H2,1H3,(H2,17,21). The highest BCUT2D eigenvalue weighted by Gasteiger charge is 2.19. The average molecular weight is 300 g/mol. The molecular formula is C16H20N4S. The smallest absolute Gasteiger partial charge is 0.132 e. The van der Waals surface area contributed by atoms with E-state index in [1.165, 1.54) is 10.9 Å². The van der Waals surface area contributed by atoms with Crippen molar-refractivity contribution in [3.8, 4) is 0 Å². The first-order valence-corrected chi connectivity index (χ1v) is 7.66. The van der Waals surface area contributed by atoms with Crippen molar-refractivity contribution in [2.75, 3.05) is 37.6 Å². The zero-order chi connectivity index (χ0) is 14.8. The van der Waals surface area contributed by atoms with Gasteiger partial charge in [-0.25, -0.2) is 4.98 Å². The molecule has 3 rings (SSSR count). The maximum absolute atomic E-state index is 5.62. The van der Waals surface area contributed by atoms with Gasteiger partial charge in [-0.15, -0.1) is 0 Å². The molecule has 0 radical (unpaired) electrons. The number of pyridine rings is 1. The third kappa shape index (κ3) is 3.14. The van der Waals surface area contributed by atoms with Crippen LogP contribution in [0, 0.1) is 6.92 Å². The SMILES string of the molecule is Cc1cc2ccccc2nc1N1CCN(CC(N)=S)CC1. The fraction of sp³-hybridized carbons (Fsp3) is 0.375. The molecule has 1 aliphatic heterocycles. The van der Waals surface area contributed by atoms with Gasteiger partial charge in [0.25, 0.3) is 0 Å². The summed E-state index contributed by atoms with van der Waals surface area (Å²) in [6.07, 6.45) is 0. The molecule has 2 N–H and O–H groups in total. The Kier molecular flexibility index (Phi) is 4.03. The second kappa shape index (κ2) is 5.95. The zero-order valence-electron chi connectivity index (χ0n) is 12.2. The molecule has 2 aromatic rings. The Morgan fingerprint density at radius 2 is 1.95 bits per heavy atom. The Labute approximate surface area is 130 Å². The second-order valence-electron chi connectivity index (χ2n) is 5.55. The van der Waals surface area contributed by atoms with Gasteiger partial charge in [-0.2, -0.15) is 0 Å². The number of fused-ring (bicyclic) bond motifs is 1. The number of rotatable bonds is 3. The average Bonchev–Trinajstić information content (AvgIpc) is 2.47. The lowest BCUT2D eigenvalue weighted by Crippen LogP contribution is -2.49. The molecule has 1 fully saturated rings. The van der Waals surface area contributed by atoms with Crippen LogP contribution in [-0.2, 0) is 0 Å². The zero-order valence-corrected chi connectivity index (χ0v) is 13.1. The molecule has 1 aliphatic rings. The van der Waals surface area contributed by atoms with E-state index in [0.717, 1.165) is 37.5 Å². The number of aromatic nitrogens is 1. The van der Waals surface area contributed by atoms with Gasteiger partial charge in [0.2, 0.25) is 0 Å². The first-order valence-electron chi connectivity index (χ1n) is 7.25. The lowest BCUT2D eigenvalue weighted by molar-refractivity contribution is 0.291. The molecule has 0 atom stereocenters. The number of anilines is 1. The number of hydrogen-bond acceptors (Lipinski definition) is 4. The maximum Gasteiger partial charge on any atom is 0.132 e. The molecule has 0 saturated carbocycles. The fourth-order valence-electron chi connectivity index (χ4n) is 2.87. The van der Waals surface area contributed by atoms with Crippen LogP contribution in [-0.4, -0.2) is 47.6 Å². The minimum atomic E-state index is 0.573. The second-order valence-corrected chi connectivity index (χ2v) is 6.08. The normalized spacial score (nSPS) is 16.3. The monoisotopic (exact) mass is 300 g/mol. The molecule has 0 unspecified atom stereocenters. The van der Waals surface area contributed by atoms with Gasteiger partial charge in [0.1, 0.15) is 5.82 Å². The highest BCUT2D eigenvalue weighted by atomic mass is 32.1. The first kappa shape index (κ1) is 14.2. The predicted octanol–water partition coefficient (Wildman–Crippen LogP) is 1.95. The Morgan fingerprint density at radius 1 is 1.24 bits per heavy atom. The number of hydrogen-bond donors (Lipinski definition) is 1. The van der Waals surface area contributed by atoms with Crippen LogP contribution in [0.25, 0.3) is 10.9 Å². The van der Waals surface area contributed by atoms with Crippen LogP contribution in [0.5, 0.6) is 0 Å². The predicted molar refractivity (Wildman–Crippen MR) is 91.9 cm³/mol. The van der Waals surface area contributed by atoms with Crippen molar-refractivity contribution < 1.29 is 0 Å². The van der Waals surface area contributed by atoms with Crippen molar-refractivity contribution in [3.05, 3.63) is 35.9 Å². The van der Waals surface area contributed by atoms with Gasteiger partial charge in [0.15, 0.2) is 0 Å². The topological polar surface area (TPSA) is 45.4 Å². The third-order valence-corrected chi connectivity index (χ3v) is 4.07. The largest absolute Gasteiger partial charge is 0.392 e. The van der Waals surface area contributed by atoms with Crippen LogP contribution in [0.2, 0.25) is 0 Å². The maximum atomic E-state index is 5.62. The lowest BCUT2D eigenvalue weighted by Gasteiger charge is -2.35. The van der Waals surface area contributed by atoms with Gasteiger partial charge < -0.3 is 10.6 Å². The summed E-state index contributed by atoms with van der Waals surface area (Å²) in [5.41, 5.74) is 7.91. The number of thiocarbonyl (C=S) groups is 1. The summed E-state index contributed by atoms with van der Waals surface area (Å²) < 4.78 is 0. The van der Waals surface area contributed by atoms with E-state index >= 15 is 0 Å². The minimum Gasteiger partial charge on any atom is -0.392 e. The number of benzene rings is 1. The Balaban J connectivity index is 1.79. The molecule has 0 amide bonds. The van der Waals surface area contributed by atoms with Crippen molar-refractivity contribution in [1.29, 1.82) is 0 Å². The molecule has 4 nitrogen and oxygen atoms in total. The van der Waals surface area contributed by atoms with E-state index in [0.29, 0.717) is 11.5 Å². The lowest BCUT2D eigenvalue weighted by atomic mass is 10.1. The van der Waals surface area contributed by atoms with Crippen molar-refractivity contribution in [2.24, 2.45) is 5.73 Å². The molecule has 1 saturated heterocycles. The summed E-state index contributed by atoms with van der Waals surface area (Å²) in [5, 5.41) is 1.20. The molecule has 110 valence electrons. The summed E-state index contributed by atoms with van der Waals surface area (Å²) in [7, 11) is 0. The fourth-order valence-corrected chi connectivity index (χ4v) is 3.05. The van der Waals surface area contributed by atoms with E-state index in [9.17, 15) is 0 Å². The van der Waals surface area contributed by atoms with Crippen LogP contribution in [0.4, 0.5) is 5.82 Å². The number of para-hydroxylation sites is 1. The van der Waals surface area contributed by atoms with Gasteiger partial charge in [0, 0.05) is 38.1 Å². The Bertz CT molecular complexity index is 662. The number of nitrogens with zero attached hydrogens (tertiary/aromatic N) is 3. The van der Waals surface area contributed by atoms with E-state index in [-0.39, 0.29) is 0 Å².